The fourth-order valence-corrected chi connectivity index (χ4v) is 1.14. The van der Waals surface area contributed by atoms with E-state index in [9.17, 15) is 9.59 Å². The second kappa shape index (κ2) is 6.77. The van der Waals surface area contributed by atoms with Crippen molar-refractivity contribution in [1.29, 1.82) is 0 Å². The molecule has 0 aromatic rings. The molecule has 0 spiro atoms. The standard InChI is InChI=1S/C8H15NO3S/c1-4-5-6(7(10)12-2)9-8(11)13-3/h6H,4-5H2,1-3H3,(H,9,11). The van der Waals surface area contributed by atoms with E-state index in [1.54, 1.807) is 6.26 Å². The van der Waals surface area contributed by atoms with Gasteiger partial charge in [-0.25, -0.2) is 4.79 Å². The lowest BCUT2D eigenvalue weighted by molar-refractivity contribution is -0.142. The minimum Gasteiger partial charge on any atom is -0.467 e. The number of thioether (sulfide) groups is 1. The first-order chi connectivity index (χ1) is 6.15. The van der Waals surface area contributed by atoms with Gasteiger partial charge in [-0.3, -0.25) is 4.79 Å². The molecule has 4 nitrogen and oxygen atoms in total. The summed E-state index contributed by atoms with van der Waals surface area (Å²) in [5.41, 5.74) is 0. The third-order valence-electron chi connectivity index (χ3n) is 1.54. The second-order valence-corrected chi connectivity index (χ2v) is 3.28. The lowest BCUT2D eigenvalue weighted by Gasteiger charge is -2.14. The molecule has 0 aliphatic heterocycles. The Balaban J connectivity index is 4.08. The SMILES string of the molecule is CCCC(NC(=O)SC)C(=O)OC. The highest BCUT2D eigenvalue weighted by atomic mass is 32.2. The number of hydrogen-bond donors (Lipinski definition) is 1. The summed E-state index contributed by atoms with van der Waals surface area (Å²) in [6.45, 7) is 1.95. The van der Waals surface area contributed by atoms with Crippen LogP contribution in [0.1, 0.15) is 19.8 Å². The van der Waals surface area contributed by atoms with E-state index in [1.165, 1.54) is 7.11 Å². The Morgan fingerprint density at radius 3 is 2.54 bits per heavy atom. The molecular weight excluding hydrogens is 190 g/mol. The van der Waals surface area contributed by atoms with Crippen LogP contribution in [0.3, 0.4) is 0 Å². The van der Waals surface area contributed by atoms with Crippen molar-refractivity contribution >= 4 is 23.0 Å². The Labute approximate surface area is 82.4 Å². The Bertz CT molecular complexity index is 184. The topological polar surface area (TPSA) is 55.4 Å². The number of hydrogen-bond acceptors (Lipinski definition) is 4. The Morgan fingerprint density at radius 1 is 1.54 bits per heavy atom. The summed E-state index contributed by atoms with van der Waals surface area (Å²) in [7, 11) is 1.32. The molecule has 0 heterocycles. The van der Waals surface area contributed by atoms with E-state index in [2.05, 4.69) is 10.1 Å². The van der Waals surface area contributed by atoms with Gasteiger partial charge in [0, 0.05) is 0 Å². The van der Waals surface area contributed by atoms with Gasteiger partial charge in [-0.05, 0) is 12.7 Å². The molecule has 0 saturated carbocycles. The maximum absolute atomic E-state index is 11.1. The number of nitrogens with one attached hydrogen (secondary N) is 1. The van der Waals surface area contributed by atoms with Crippen LogP contribution in [0.25, 0.3) is 0 Å². The van der Waals surface area contributed by atoms with Crippen molar-refractivity contribution < 1.29 is 14.3 Å². The van der Waals surface area contributed by atoms with Crippen molar-refractivity contribution in [3.8, 4) is 0 Å². The van der Waals surface area contributed by atoms with E-state index in [1.807, 2.05) is 6.92 Å². The van der Waals surface area contributed by atoms with Gasteiger partial charge in [0.25, 0.3) is 5.24 Å². The van der Waals surface area contributed by atoms with E-state index >= 15 is 0 Å². The van der Waals surface area contributed by atoms with Crippen LogP contribution in [0.15, 0.2) is 0 Å². The van der Waals surface area contributed by atoms with Crippen LogP contribution in [0.5, 0.6) is 0 Å². The van der Waals surface area contributed by atoms with Crippen LogP contribution in [0, 0.1) is 0 Å². The average Bonchev–Trinajstić information content (AvgIpc) is 2.15. The molecule has 0 saturated heterocycles. The summed E-state index contributed by atoms with van der Waals surface area (Å²) in [5, 5.41) is 2.36. The van der Waals surface area contributed by atoms with E-state index in [0.29, 0.717) is 6.42 Å². The second-order valence-electron chi connectivity index (χ2n) is 2.50. The average molecular weight is 205 g/mol. The van der Waals surface area contributed by atoms with Crippen molar-refractivity contribution in [2.45, 2.75) is 25.8 Å². The predicted octanol–water partition coefficient (Wildman–Crippen LogP) is 1.40. The maximum atomic E-state index is 11.1. The van der Waals surface area contributed by atoms with Gasteiger partial charge in [0.05, 0.1) is 7.11 Å². The predicted molar refractivity (Wildman–Crippen MR) is 52.8 cm³/mol. The first-order valence-corrected chi connectivity index (χ1v) is 5.30. The maximum Gasteiger partial charge on any atom is 0.328 e. The number of methoxy groups -OCH3 is 1. The number of esters is 1. The van der Waals surface area contributed by atoms with Crippen LogP contribution in [0.4, 0.5) is 4.79 Å². The van der Waals surface area contributed by atoms with Crippen molar-refractivity contribution in [3.05, 3.63) is 0 Å². The summed E-state index contributed by atoms with van der Waals surface area (Å²) in [4.78, 5) is 22.1. The summed E-state index contributed by atoms with van der Waals surface area (Å²) in [6, 6.07) is -0.505. The summed E-state index contributed by atoms with van der Waals surface area (Å²) in [5.74, 6) is -0.385. The molecule has 1 atom stereocenters. The number of amides is 1. The molecule has 0 fully saturated rings. The largest absolute Gasteiger partial charge is 0.467 e. The molecule has 0 aliphatic rings. The summed E-state index contributed by atoms with van der Waals surface area (Å²) >= 11 is 1.05. The normalized spacial score (nSPS) is 11.9. The van der Waals surface area contributed by atoms with Gasteiger partial charge < -0.3 is 10.1 Å². The third kappa shape index (κ3) is 4.77. The summed E-state index contributed by atoms with van der Waals surface area (Å²) < 4.78 is 4.55. The number of carbonyl (C=O) groups is 2. The van der Waals surface area contributed by atoms with E-state index in [4.69, 9.17) is 0 Å². The molecule has 1 unspecified atom stereocenters. The third-order valence-corrected chi connectivity index (χ3v) is 2.03. The highest BCUT2D eigenvalue weighted by Crippen LogP contribution is 2.02. The highest BCUT2D eigenvalue weighted by Gasteiger charge is 2.19. The van der Waals surface area contributed by atoms with Crippen LogP contribution >= 0.6 is 11.8 Å². The number of carbonyl (C=O) groups excluding carboxylic acids is 2. The molecule has 0 aromatic heterocycles. The lowest BCUT2D eigenvalue weighted by Crippen LogP contribution is -2.39. The van der Waals surface area contributed by atoms with Crippen molar-refractivity contribution in [2.24, 2.45) is 0 Å². The van der Waals surface area contributed by atoms with Crippen molar-refractivity contribution in [2.75, 3.05) is 13.4 Å². The summed E-state index contributed by atoms with van der Waals surface area (Å²) in [6.07, 6.45) is 3.10. The monoisotopic (exact) mass is 205 g/mol. The molecule has 0 aromatic carbocycles. The zero-order valence-corrected chi connectivity index (χ0v) is 8.94. The van der Waals surface area contributed by atoms with Gasteiger partial charge in [0.15, 0.2) is 0 Å². The molecule has 0 aliphatic carbocycles. The number of ether oxygens (including phenoxy) is 1. The lowest BCUT2D eigenvalue weighted by atomic mass is 10.2. The fraction of sp³-hybridized carbons (Fsp3) is 0.750. The molecule has 1 N–H and O–H groups in total. The van der Waals surface area contributed by atoms with Gasteiger partial charge in [0.1, 0.15) is 6.04 Å². The first kappa shape index (κ1) is 12.3. The van der Waals surface area contributed by atoms with Gasteiger partial charge in [0.2, 0.25) is 0 Å². The zero-order valence-electron chi connectivity index (χ0n) is 8.12. The molecule has 0 rings (SSSR count). The van der Waals surface area contributed by atoms with E-state index in [-0.39, 0.29) is 11.2 Å². The highest BCUT2D eigenvalue weighted by molar-refractivity contribution is 8.12. The molecule has 13 heavy (non-hydrogen) atoms. The van der Waals surface area contributed by atoms with E-state index < -0.39 is 6.04 Å². The smallest absolute Gasteiger partial charge is 0.328 e. The molecule has 0 bridgehead atoms. The van der Waals surface area contributed by atoms with Gasteiger partial charge in [-0.2, -0.15) is 0 Å². The van der Waals surface area contributed by atoms with E-state index in [0.717, 1.165) is 18.2 Å². The first-order valence-electron chi connectivity index (χ1n) is 4.08. The zero-order chi connectivity index (χ0) is 10.3. The minimum atomic E-state index is -0.505. The molecule has 1 amide bonds. The Morgan fingerprint density at radius 2 is 2.15 bits per heavy atom. The van der Waals surface area contributed by atoms with Gasteiger partial charge in [-0.15, -0.1) is 0 Å². The van der Waals surface area contributed by atoms with Crippen LogP contribution < -0.4 is 5.32 Å². The number of rotatable bonds is 4. The minimum absolute atomic E-state index is 0.205. The Hall–Kier alpha value is -0.710. The molecule has 5 heteroatoms. The fourth-order valence-electron chi connectivity index (χ4n) is 0.881. The molecule has 76 valence electrons. The van der Waals surface area contributed by atoms with Gasteiger partial charge >= 0.3 is 5.97 Å². The van der Waals surface area contributed by atoms with Crippen molar-refractivity contribution in [1.82, 2.24) is 5.32 Å². The van der Waals surface area contributed by atoms with Crippen LogP contribution in [-0.2, 0) is 9.53 Å². The van der Waals surface area contributed by atoms with Crippen LogP contribution in [0.2, 0.25) is 0 Å². The van der Waals surface area contributed by atoms with Crippen molar-refractivity contribution in [3.63, 3.8) is 0 Å². The van der Waals surface area contributed by atoms with Crippen LogP contribution in [-0.4, -0.2) is 30.6 Å². The quantitative estimate of drug-likeness (QED) is 0.705. The van der Waals surface area contributed by atoms with Gasteiger partial charge in [-0.1, -0.05) is 25.1 Å². The molecule has 0 radical (unpaired) electrons. The molecular formula is C8H15NO3S. The Kier molecular flexibility index (Phi) is 6.40.